The first-order chi connectivity index (χ1) is 12.3. The van der Waals surface area contributed by atoms with Crippen LogP contribution in [0.25, 0.3) is 10.2 Å². The minimum absolute atomic E-state index is 0.132. The van der Waals surface area contributed by atoms with E-state index in [1.165, 1.54) is 11.1 Å². The van der Waals surface area contributed by atoms with Crippen molar-refractivity contribution >= 4 is 27.4 Å². The molecule has 1 aliphatic heterocycles. The van der Waals surface area contributed by atoms with Crippen LogP contribution in [0.2, 0.25) is 0 Å². The van der Waals surface area contributed by atoms with Crippen LogP contribution in [0.5, 0.6) is 5.75 Å². The summed E-state index contributed by atoms with van der Waals surface area (Å²) in [4.78, 5) is 9.80. The van der Waals surface area contributed by atoms with Crippen molar-refractivity contribution in [2.75, 3.05) is 11.9 Å². The van der Waals surface area contributed by atoms with E-state index < -0.39 is 0 Å². The van der Waals surface area contributed by atoms with Crippen LogP contribution in [0.4, 0.5) is 5.82 Å². The Bertz CT molecular complexity index is 920. The number of rotatable bonds is 4. The largest absolute Gasteiger partial charge is 0.493 e. The zero-order valence-corrected chi connectivity index (χ0v) is 14.5. The smallest absolute Gasteiger partial charge is 0.138 e. The normalized spacial score (nSPS) is 22.9. The lowest BCUT2D eigenvalue weighted by atomic mass is 9.75. The second kappa shape index (κ2) is 5.97. The molecule has 0 amide bonds. The van der Waals surface area contributed by atoms with Crippen molar-refractivity contribution in [1.82, 2.24) is 9.97 Å². The van der Waals surface area contributed by atoms with Gasteiger partial charge in [-0.2, -0.15) is 0 Å². The third-order valence-corrected chi connectivity index (χ3v) is 6.07. The van der Waals surface area contributed by atoms with Gasteiger partial charge < -0.3 is 15.2 Å². The molecule has 0 radical (unpaired) electrons. The summed E-state index contributed by atoms with van der Waals surface area (Å²) in [5.41, 5.74) is 2.51. The third kappa shape index (κ3) is 2.65. The average Bonchev–Trinajstić information content (AvgIpc) is 3.25. The highest BCUT2D eigenvalue weighted by Crippen LogP contribution is 2.42. The van der Waals surface area contributed by atoms with Crippen molar-refractivity contribution in [3.8, 4) is 5.75 Å². The number of hydrogen-bond acceptors (Lipinski definition) is 6. The third-order valence-electron chi connectivity index (χ3n) is 5.25. The molecule has 25 heavy (non-hydrogen) atoms. The van der Waals surface area contributed by atoms with Crippen molar-refractivity contribution in [2.24, 2.45) is 5.92 Å². The van der Waals surface area contributed by atoms with Crippen molar-refractivity contribution < 1.29 is 9.84 Å². The SMILES string of the molecule is OC1CC([C@H](Nc2ncnc3sccc23)c2ccc3c(c2)CCO3)C1. The van der Waals surface area contributed by atoms with E-state index in [1.54, 1.807) is 17.7 Å². The maximum atomic E-state index is 9.80. The molecule has 0 bridgehead atoms. The summed E-state index contributed by atoms with van der Waals surface area (Å²) < 4.78 is 5.64. The van der Waals surface area contributed by atoms with Gasteiger partial charge in [0.2, 0.25) is 0 Å². The molecule has 0 spiro atoms. The standard InChI is InChI=1S/C19H19N3O2S/c23-14-8-13(9-14)17(12-1-2-16-11(7-12)3-5-24-16)22-18-15-4-6-25-19(15)21-10-20-18/h1-2,4,6-7,10,13-14,17,23H,3,5,8-9H2,(H,20,21,22)/t13?,14?,17-/m1/s1. The van der Waals surface area contributed by atoms with E-state index in [2.05, 4.69) is 39.6 Å². The second-order valence-corrected chi connectivity index (χ2v) is 7.73. The van der Waals surface area contributed by atoms with Gasteiger partial charge in [-0.3, -0.25) is 0 Å². The van der Waals surface area contributed by atoms with Crippen LogP contribution >= 0.6 is 11.3 Å². The molecule has 2 aromatic heterocycles. The van der Waals surface area contributed by atoms with Crippen molar-refractivity contribution in [1.29, 1.82) is 0 Å². The minimum atomic E-state index is -0.182. The summed E-state index contributed by atoms with van der Waals surface area (Å²) >= 11 is 1.62. The summed E-state index contributed by atoms with van der Waals surface area (Å²) in [6.07, 6.45) is 4.04. The summed E-state index contributed by atoms with van der Waals surface area (Å²) in [7, 11) is 0. The van der Waals surface area contributed by atoms with Gasteiger partial charge in [0.05, 0.1) is 24.1 Å². The maximum absolute atomic E-state index is 9.80. The molecule has 5 rings (SSSR count). The van der Waals surface area contributed by atoms with Crippen LogP contribution in [0.3, 0.4) is 0 Å². The monoisotopic (exact) mass is 353 g/mol. The lowest BCUT2D eigenvalue weighted by Gasteiger charge is -2.38. The highest BCUT2D eigenvalue weighted by Gasteiger charge is 2.35. The van der Waals surface area contributed by atoms with Gasteiger partial charge >= 0.3 is 0 Å². The predicted octanol–water partition coefficient (Wildman–Crippen LogP) is 3.55. The maximum Gasteiger partial charge on any atom is 0.138 e. The average molecular weight is 353 g/mol. The van der Waals surface area contributed by atoms with Gasteiger partial charge in [0.1, 0.15) is 22.7 Å². The minimum Gasteiger partial charge on any atom is -0.493 e. The summed E-state index contributed by atoms with van der Waals surface area (Å²) in [5, 5.41) is 16.5. The number of hydrogen-bond donors (Lipinski definition) is 2. The van der Waals surface area contributed by atoms with Crippen molar-refractivity contribution in [3.05, 3.63) is 47.1 Å². The number of fused-ring (bicyclic) bond motifs is 2. The Morgan fingerprint density at radius 2 is 2.16 bits per heavy atom. The number of ether oxygens (including phenoxy) is 1. The van der Waals surface area contributed by atoms with E-state index in [4.69, 9.17) is 4.74 Å². The fourth-order valence-electron chi connectivity index (χ4n) is 3.83. The first kappa shape index (κ1) is 15.1. The predicted molar refractivity (Wildman–Crippen MR) is 98.2 cm³/mol. The zero-order valence-electron chi connectivity index (χ0n) is 13.7. The van der Waals surface area contributed by atoms with Gasteiger partial charge in [-0.05, 0) is 53.5 Å². The molecule has 3 heterocycles. The van der Waals surface area contributed by atoms with E-state index in [9.17, 15) is 5.11 Å². The Kier molecular flexibility index (Phi) is 3.60. The van der Waals surface area contributed by atoms with Crippen LogP contribution in [0, 0.1) is 5.92 Å². The quantitative estimate of drug-likeness (QED) is 0.751. The zero-order chi connectivity index (χ0) is 16.8. The van der Waals surface area contributed by atoms with Crippen molar-refractivity contribution in [2.45, 2.75) is 31.4 Å². The van der Waals surface area contributed by atoms with Crippen LogP contribution in [0.1, 0.15) is 30.0 Å². The molecule has 1 aliphatic carbocycles. The van der Waals surface area contributed by atoms with E-state index in [1.807, 2.05) is 5.38 Å². The Hall–Kier alpha value is -2.18. The molecular formula is C19H19N3O2S. The lowest BCUT2D eigenvalue weighted by molar-refractivity contribution is 0.0339. The Balaban J connectivity index is 1.51. The highest BCUT2D eigenvalue weighted by molar-refractivity contribution is 7.16. The second-order valence-electron chi connectivity index (χ2n) is 6.83. The van der Waals surface area contributed by atoms with E-state index in [0.717, 1.165) is 47.7 Å². The van der Waals surface area contributed by atoms with Gasteiger partial charge in [0.15, 0.2) is 0 Å². The van der Waals surface area contributed by atoms with Crippen LogP contribution in [0.15, 0.2) is 36.0 Å². The number of aliphatic hydroxyl groups is 1. The van der Waals surface area contributed by atoms with Crippen LogP contribution < -0.4 is 10.1 Å². The summed E-state index contributed by atoms with van der Waals surface area (Å²) in [6.45, 7) is 0.764. The molecule has 0 unspecified atom stereocenters. The molecule has 1 saturated carbocycles. The molecular weight excluding hydrogens is 334 g/mol. The molecule has 2 aliphatic rings. The van der Waals surface area contributed by atoms with Gasteiger partial charge in [0, 0.05) is 6.42 Å². The summed E-state index contributed by atoms with van der Waals surface area (Å²) in [6, 6.07) is 8.65. The number of aliphatic hydroxyl groups excluding tert-OH is 1. The van der Waals surface area contributed by atoms with E-state index in [-0.39, 0.29) is 12.1 Å². The highest BCUT2D eigenvalue weighted by atomic mass is 32.1. The molecule has 128 valence electrons. The molecule has 0 saturated heterocycles. The Morgan fingerprint density at radius 1 is 1.24 bits per heavy atom. The lowest BCUT2D eigenvalue weighted by Crippen LogP contribution is -2.36. The Morgan fingerprint density at radius 3 is 3.04 bits per heavy atom. The number of aromatic nitrogens is 2. The molecule has 5 nitrogen and oxygen atoms in total. The topological polar surface area (TPSA) is 67.3 Å². The van der Waals surface area contributed by atoms with Crippen LogP contribution in [-0.2, 0) is 6.42 Å². The van der Waals surface area contributed by atoms with E-state index in [0.29, 0.717) is 5.92 Å². The molecule has 1 atom stereocenters. The summed E-state index contributed by atoms with van der Waals surface area (Å²) in [5.74, 6) is 2.27. The number of benzene rings is 1. The first-order valence-electron chi connectivity index (χ1n) is 8.66. The molecule has 6 heteroatoms. The Labute approximate surface area is 149 Å². The molecule has 1 fully saturated rings. The van der Waals surface area contributed by atoms with Crippen molar-refractivity contribution in [3.63, 3.8) is 0 Å². The van der Waals surface area contributed by atoms with Gasteiger partial charge in [-0.15, -0.1) is 11.3 Å². The van der Waals surface area contributed by atoms with Crippen LogP contribution in [-0.4, -0.2) is 27.8 Å². The number of nitrogens with zero attached hydrogens (tertiary/aromatic N) is 2. The van der Waals surface area contributed by atoms with Gasteiger partial charge in [-0.25, -0.2) is 9.97 Å². The van der Waals surface area contributed by atoms with Gasteiger partial charge in [-0.1, -0.05) is 6.07 Å². The number of nitrogens with one attached hydrogen (secondary N) is 1. The first-order valence-corrected chi connectivity index (χ1v) is 9.54. The number of thiophene rings is 1. The fraction of sp³-hybridized carbons (Fsp3) is 0.368. The molecule has 2 N–H and O–H groups in total. The molecule has 1 aromatic carbocycles. The van der Waals surface area contributed by atoms with Gasteiger partial charge in [0.25, 0.3) is 0 Å². The fourth-order valence-corrected chi connectivity index (χ4v) is 4.56. The number of anilines is 1. The van der Waals surface area contributed by atoms with E-state index >= 15 is 0 Å². The molecule has 3 aromatic rings.